The van der Waals surface area contributed by atoms with Crippen LogP contribution in [0.1, 0.15) is 19.8 Å². The van der Waals surface area contributed by atoms with Crippen molar-refractivity contribution in [1.82, 2.24) is 30.5 Å². The summed E-state index contributed by atoms with van der Waals surface area (Å²) in [5.74, 6) is 0.420. The van der Waals surface area contributed by atoms with Gasteiger partial charge in [-0.1, -0.05) is 17.3 Å². The Bertz CT molecular complexity index is 912. The molecule has 3 saturated heterocycles. The van der Waals surface area contributed by atoms with Gasteiger partial charge in [0.25, 0.3) is 0 Å². The maximum Gasteiger partial charge on any atom is 0.224 e. The molecule has 3 fully saturated rings. The first kappa shape index (κ1) is 20.3. The predicted octanol–water partition coefficient (Wildman–Crippen LogP) is 0.490. The van der Waals surface area contributed by atoms with Crippen LogP contribution >= 0.6 is 0 Å². The number of carbonyl (C=O) groups excluding carboxylic acids is 2. The summed E-state index contributed by atoms with van der Waals surface area (Å²) in [6, 6.07) is 8.01. The highest BCUT2D eigenvalue weighted by Gasteiger charge is 2.43. The first-order valence-electron chi connectivity index (χ1n) is 10.5. The van der Waals surface area contributed by atoms with Crippen molar-refractivity contribution in [2.75, 3.05) is 31.9 Å². The third-order valence-electron chi connectivity index (χ3n) is 6.13. The molecule has 5 rings (SSSR count). The molecule has 0 spiro atoms. The molecule has 1 aromatic carbocycles. The number of anilines is 1. The standard InChI is InChI=1S/C21H29N7O2/c1-14(29)23-6-7-24-21(30)19-12-27-8-5-15(19)10-18(27)11-28-13-20(25-26-28)16-3-2-4-17(22)9-16/h2-4,9,13,15,18-19H,5-8,10-12,22H2,1H3,(H,23,29)(H,24,30)/t15-,18+,19+/m0/s1. The summed E-state index contributed by atoms with van der Waals surface area (Å²) < 4.78 is 1.90. The number of aromatic nitrogens is 3. The van der Waals surface area contributed by atoms with E-state index in [4.69, 9.17) is 5.73 Å². The number of fused-ring (bicyclic) bond motifs is 3. The molecule has 2 bridgehead atoms. The van der Waals surface area contributed by atoms with Gasteiger partial charge in [0.15, 0.2) is 0 Å². The van der Waals surface area contributed by atoms with Gasteiger partial charge in [0.1, 0.15) is 5.69 Å². The molecule has 0 aliphatic carbocycles. The predicted molar refractivity (Wildman–Crippen MR) is 113 cm³/mol. The van der Waals surface area contributed by atoms with E-state index in [0.717, 1.165) is 43.7 Å². The van der Waals surface area contributed by atoms with Crippen molar-refractivity contribution in [2.45, 2.75) is 32.4 Å². The highest BCUT2D eigenvalue weighted by Crippen LogP contribution is 2.37. The van der Waals surface area contributed by atoms with Crippen LogP contribution in [-0.2, 0) is 16.1 Å². The number of nitrogens with two attached hydrogens (primary N) is 1. The minimum absolute atomic E-state index is 0.0194. The van der Waals surface area contributed by atoms with Crippen molar-refractivity contribution in [3.05, 3.63) is 30.5 Å². The maximum absolute atomic E-state index is 12.6. The van der Waals surface area contributed by atoms with Crippen molar-refractivity contribution < 1.29 is 9.59 Å². The van der Waals surface area contributed by atoms with Crippen LogP contribution in [0.25, 0.3) is 11.3 Å². The molecule has 3 aliphatic heterocycles. The van der Waals surface area contributed by atoms with E-state index in [-0.39, 0.29) is 17.7 Å². The zero-order chi connectivity index (χ0) is 21.1. The van der Waals surface area contributed by atoms with Gasteiger partial charge in [-0.25, -0.2) is 0 Å². The van der Waals surface area contributed by atoms with E-state index < -0.39 is 0 Å². The molecule has 0 saturated carbocycles. The van der Waals surface area contributed by atoms with Gasteiger partial charge in [-0.2, -0.15) is 0 Å². The van der Waals surface area contributed by atoms with E-state index >= 15 is 0 Å². The van der Waals surface area contributed by atoms with Crippen LogP contribution in [0.2, 0.25) is 0 Å². The van der Waals surface area contributed by atoms with Crippen LogP contribution < -0.4 is 16.4 Å². The van der Waals surface area contributed by atoms with Gasteiger partial charge in [0.05, 0.1) is 18.7 Å². The van der Waals surface area contributed by atoms with E-state index in [1.54, 1.807) is 0 Å². The van der Waals surface area contributed by atoms with Crippen molar-refractivity contribution in [3.8, 4) is 11.3 Å². The summed E-state index contributed by atoms with van der Waals surface area (Å²) in [5, 5.41) is 14.3. The van der Waals surface area contributed by atoms with Crippen molar-refractivity contribution in [2.24, 2.45) is 11.8 Å². The molecule has 4 heterocycles. The second-order valence-electron chi connectivity index (χ2n) is 8.26. The number of hydrogen-bond acceptors (Lipinski definition) is 6. The fraction of sp³-hybridized carbons (Fsp3) is 0.524. The fourth-order valence-corrected chi connectivity index (χ4v) is 4.61. The van der Waals surface area contributed by atoms with Crippen LogP contribution in [0.4, 0.5) is 5.69 Å². The topological polar surface area (TPSA) is 118 Å². The van der Waals surface area contributed by atoms with Gasteiger partial charge in [0, 0.05) is 43.9 Å². The second kappa shape index (κ2) is 8.83. The van der Waals surface area contributed by atoms with Crippen LogP contribution in [0.3, 0.4) is 0 Å². The van der Waals surface area contributed by atoms with Crippen LogP contribution in [0, 0.1) is 11.8 Å². The smallest absolute Gasteiger partial charge is 0.224 e. The number of nitrogen functional groups attached to an aromatic ring is 1. The minimum atomic E-state index is -0.0815. The molecule has 3 aliphatic rings. The Morgan fingerprint density at radius 2 is 2.10 bits per heavy atom. The molecule has 4 N–H and O–H groups in total. The van der Waals surface area contributed by atoms with Crippen LogP contribution in [0.15, 0.2) is 30.5 Å². The molecule has 1 unspecified atom stereocenters. The molecule has 2 amide bonds. The zero-order valence-electron chi connectivity index (χ0n) is 17.3. The second-order valence-corrected chi connectivity index (χ2v) is 8.26. The SMILES string of the molecule is CC(=O)NCCNC(=O)[C@@H]1CN2CC[C@H]1C[C@@H]2Cn1cc(-c2cccc(N)c2)nn1. The average Bonchev–Trinajstić information content (AvgIpc) is 3.20. The molecule has 0 radical (unpaired) electrons. The van der Waals surface area contributed by atoms with Gasteiger partial charge in [-0.15, -0.1) is 5.10 Å². The Hall–Kier alpha value is -2.94. The summed E-state index contributed by atoms with van der Waals surface area (Å²) >= 11 is 0. The Morgan fingerprint density at radius 3 is 2.83 bits per heavy atom. The summed E-state index contributed by atoms with van der Waals surface area (Å²) in [4.78, 5) is 25.9. The molecular weight excluding hydrogens is 382 g/mol. The molecule has 30 heavy (non-hydrogen) atoms. The van der Waals surface area contributed by atoms with Crippen LogP contribution in [-0.4, -0.2) is 63.9 Å². The van der Waals surface area contributed by atoms with Gasteiger partial charge in [-0.3, -0.25) is 19.2 Å². The third kappa shape index (κ3) is 4.62. The third-order valence-corrected chi connectivity index (χ3v) is 6.13. The van der Waals surface area contributed by atoms with E-state index in [1.807, 2.05) is 35.1 Å². The van der Waals surface area contributed by atoms with E-state index in [1.165, 1.54) is 6.92 Å². The number of amides is 2. The van der Waals surface area contributed by atoms with E-state index in [0.29, 0.717) is 30.7 Å². The van der Waals surface area contributed by atoms with Crippen molar-refractivity contribution >= 4 is 17.5 Å². The first-order valence-corrected chi connectivity index (χ1v) is 10.5. The quantitative estimate of drug-likeness (QED) is 0.451. The largest absolute Gasteiger partial charge is 0.399 e. The summed E-state index contributed by atoms with van der Waals surface area (Å²) in [6.07, 6.45) is 3.99. The van der Waals surface area contributed by atoms with E-state index in [9.17, 15) is 9.59 Å². The highest BCUT2D eigenvalue weighted by atomic mass is 16.2. The minimum Gasteiger partial charge on any atom is -0.399 e. The zero-order valence-corrected chi connectivity index (χ0v) is 17.3. The van der Waals surface area contributed by atoms with Gasteiger partial charge in [0.2, 0.25) is 11.8 Å². The van der Waals surface area contributed by atoms with E-state index in [2.05, 4.69) is 25.8 Å². The summed E-state index contributed by atoms with van der Waals surface area (Å²) in [6.45, 7) is 4.97. The molecular formula is C21H29N7O2. The molecule has 9 heteroatoms. The van der Waals surface area contributed by atoms with Gasteiger partial charge < -0.3 is 16.4 Å². The van der Waals surface area contributed by atoms with Crippen molar-refractivity contribution in [3.63, 3.8) is 0 Å². The number of carbonyl (C=O) groups is 2. The Morgan fingerprint density at radius 1 is 1.27 bits per heavy atom. The number of piperidine rings is 3. The molecule has 9 nitrogen and oxygen atoms in total. The molecule has 1 aromatic heterocycles. The lowest BCUT2D eigenvalue weighted by molar-refractivity contribution is -0.133. The molecule has 2 aromatic rings. The number of hydrogen-bond donors (Lipinski definition) is 3. The lowest BCUT2D eigenvalue weighted by atomic mass is 9.75. The average molecular weight is 412 g/mol. The number of benzene rings is 1. The Balaban J connectivity index is 1.32. The Kier molecular flexibility index (Phi) is 5.98. The lowest BCUT2D eigenvalue weighted by Gasteiger charge is -2.49. The molecule has 4 atom stereocenters. The summed E-state index contributed by atoms with van der Waals surface area (Å²) in [7, 11) is 0. The van der Waals surface area contributed by atoms with Gasteiger partial charge in [-0.05, 0) is 37.4 Å². The molecule has 160 valence electrons. The first-order chi connectivity index (χ1) is 14.5. The monoisotopic (exact) mass is 411 g/mol. The number of nitrogens with zero attached hydrogens (tertiary/aromatic N) is 4. The maximum atomic E-state index is 12.6. The van der Waals surface area contributed by atoms with Crippen LogP contribution in [0.5, 0.6) is 0 Å². The summed E-state index contributed by atoms with van der Waals surface area (Å²) in [5.41, 5.74) is 8.35. The fourth-order valence-electron chi connectivity index (χ4n) is 4.61. The number of rotatable bonds is 7. The normalized spacial score (nSPS) is 25.1. The Labute approximate surface area is 176 Å². The number of nitrogens with one attached hydrogen (secondary N) is 2. The highest BCUT2D eigenvalue weighted by molar-refractivity contribution is 5.79. The van der Waals surface area contributed by atoms with Gasteiger partial charge >= 0.3 is 0 Å². The lowest BCUT2D eigenvalue weighted by Crippen LogP contribution is -2.58. The van der Waals surface area contributed by atoms with Crippen molar-refractivity contribution in [1.29, 1.82) is 0 Å².